The highest BCUT2D eigenvalue weighted by Gasteiger charge is 2.90. The van der Waals surface area contributed by atoms with E-state index in [9.17, 15) is 53.1 Å². The number of hydrogen-bond acceptors (Lipinski definition) is 15. The van der Waals surface area contributed by atoms with Crippen LogP contribution in [-0.2, 0) is 52.7 Å². The Morgan fingerprint density at radius 2 is 0.888 bits per heavy atom. The Bertz CT molecular complexity index is 2490. The maximum Gasteiger partial charge on any atom is 0.259 e. The number of ether oxygens (including phenoxy) is 1. The van der Waals surface area contributed by atoms with Crippen molar-refractivity contribution in [2.24, 2.45) is 47.3 Å². The molecular formula is C64H114N12O12S. The second kappa shape index (κ2) is 33.3. The number of likely N-dealkylation sites (N-methyl/N-ethyl adjacent to an activating group) is 6. The van der Waals surface area contributed by atoms with Crippen molar-refractivity contribution in [3.05, 3.63) is 12.2 Å². The van der Waals surface area contributed by atoms with Crippen molar-refractivity contribution in [2.45, 2.75) is 235 Å². The summed E-state index contributed by atoms with van der Waals surface area (Å²) >= 11 is 1.07. The number of allylic oxidation sites excluding steroid dienone is 2. The molecular weight excluding hydrogens is 1160 g/mol. The van der Waals surface area contributed by atoms with Gasteiger partial charge in [-0.25, -0.2) is 0 Å². The molecule has 5 saturated heterocycles. The van der Waals surface area contributed by atoms with E-state index < -0.39 is 143 Å². The molecule has 5 N–H and O–H groups in total. The van der Waals surface area contributed by atoms with Gasteiger partial charge in [-0.1, -0.05) is 116 Å². The number of rotatable bonds is 36. The third-order valence-corrected chi connectivity index (χ3v) is 18.3. The first kappa shape index (κ1) is 77.9. The van der Waals surface area contributed by atoms with Crippen LogP contribution in [0, 0.1) is 47.3 Å². The van der Waals surface area contributed by atoms with Gasteiger partial charge in [-0.05, 0) is 106 Å². The summed E-state index contributed by atoms with van der Waals surface area (Å²) in [5, 5.41) is 21.8. The normalized spacial score (nSPS) is 22.1. The Balaban J connectivity index is 1.80. The zero-order valence-electron chi connectivity index (χ0n) is 58.4. The fourth-order valence-corrected chi connectivity index (χ4v) is 12.7. The Labute approximate surface area is 536 Å². The largest absolute Gasteiger partial charge is 0.389 e. The summed E-state index contributed by atoms with van der Waals surface area (Å²) in [5.41, 5.74) is -1.42. The van der Waals surface area contributed by atoms with Crippen LogP contribution in [0.4, 0.5) is 0 Å². The molecule has 11 atom stereocenters. The molecule has 0 aromatic heterocycles. The van der Waals surface area contributed by atoms with Crippen LogP contribution < -0.4 is 21.3 Å². The summed E-state index contributed by atoms with van der Waals surface area (Å²) in [6.07, 6.45) is 5.08. The molecule has 0 aliphatic carbocycles. The molecule has 0 aromatic rings. The van der Waals surface area contributed by atoms with E-state index in [1.54, 1.807) is 62.7 Å². The highest BCUT2D eigenvalue weighted by Crippen LogP contribution is 2.64. The lowest BCUT2D eigenvalue weighted by Crippen LogP contribution is -3.11. The van der Waals surface area contributed by atoms with Crippen molar-refractivity contribution in [3.63, 3.8) is 0 Å². The van der Waals surface area contributed by atoms with E-state index >= 15 is 0 Å². The molecule has 5 aliphatic heterocycles. The number of amides is 10. The smallest absolute Gasteiger partial charge is 0.259 e. The van der Waals surface area contributed by atoms with Gasteiger partial charge < -0.3 is 60.5 Å². The molecule has 5 aliphatic rings. The quantitative estimate of drug-likeness (QED) is 0.0440. The molecule has 508 valence electrons. The average Bonchev–Trinajstić information content (AvgIpc) is 0.619. The fraction of sp³-hybridized carbons (Fsp3) is 0.812. The van der Waals surface area contributed by atoms with E-state index in [-0.39, 0.29) is 60.7 Å². The first-order chi connectivity index (χ1) is 41.2. The third-order valence-electron chi connectivity index (χ3n) is 17.3. The van der Waals surface area contributed by atoms with Crippen molar-refractivity contribution in [3.8, 4) is 0 Å². The van der Waals surface area contributed by atoms with Crippen LogP contribution in [-0.4, -0.2) is 237 Å². The lowest BCUT2D eigenvalue weighted by atomic mass is 9.77. The zero-order chi connectivity index (χ0) is 68.3. The summed E-state index contributed by atoms with van der Waals surface area (Å²) in [5.74, 6) is -6.69. The van der Waals surface area contributed by atoms with E-state index in [4.69, 9.17) is 4.74 Å². The van der Waals surface area contributed by atoms with Crippen LogP contribution in [0.2, 0.25) is 0 Å². The van der Waals surface area contributed by atoms with E-state index in [2.05, 4.69) is 21.3 Å². The SMILES string of the molecule is C/C=C/C[C@@H](C)[C@@H](O)C1(C(=O)N[C@H](C(=O)N(C)[C@H](SC)C(=O)N(C)[C@@H](CC(C)C)C(=O)N[C@H](C(=O)N(C)[C@@H](CC(C)C)C(=O)N[C@@H](C)C(=O)N[C@H](C)C(=O)N(C)[C@@H](CC(C)C)C(=O)N(C)[C@@H](CC(C)C)C(=O)N(C)CC(C)C)C(C)C)C(C)C)N2C3OC2N31. The van der Waals surface area contributed by atoms with Crippen LogP contribution in [0.5, 0.6) is 0 Å². The van der Waals surface area contributed by atoms with Gasteiger partial charge in [0.15, 0.2) is 23.7 Å². The molecule has 5 fully saturated rings. The topological polar surface area (TPSA) is 274 Å². The van der Waals surface area contributed by atoms with Gasteiger partial charge in [-0.3, -0.25) is 47.9 Å². The van der Waals surface area contributed by atoms with E-state index in [1.165, 1.54) is 66.5 Å². The highest BCUT2D eigenvalue weighted by molar-refractivity contribution is 7.99. The summed E-state index contributed by atoms with van der Waals surface area (Å²) < 4.78 is 5.59. The van der Waals surface area contributed by atoms with E-state index in [1.807, 2.05) is 95.2 Å². The standard InChI is InChI=1S/C64H114N12O12S/c1-26-27-28-41(16)50(77)64(75-62-76(64)63(75)88-62)61(87)68-49(40(14)15)58(85)74(24)60(89-25)59(86)71(21)45(30-35(4)5)53(80)67-48(39(12)13)57(84)70(20)44(29-34(2)3)52(79)65-42(17)51(78)66-43(18)54(81)72(22)47(32-37(8)9)56(83)73(23)46(31-36(6)7)55(82)69(19)33-38(10)11/h26-27,34-50,60,62-63,77H,28-33H2,1-25H3,(H,65,79)(H,66,78)(H,67,80)(H,68,87)/b27-26+/t41-,42+,43-,44+,45+,46+,47+,48+,49+,50-,60-,62?,63?,64?/m1/s1. The molecule has 0 saturated carbocycles. The Kier molecular flexibility index (Phi) is 29.1. The predicted molar refractivity (Wildman–Crippen MR) is 345 cm³/mol. The number of hydrogen-bond donors (Lipinski definition) is 5. The van der Waals surface area contributed by atoms with Gasteiger partial charge in [-0.2, -0.15) is 9.80 Å². The van der Waals surface area contributed by atoms with Gasteiger partial charge >= 0.3 is 0 Å². The van der Waals surface area contributed by atoms with Gasteiger partial charge in [0.1, 0.15) is 48.3 Å². The lowest BCUT2D eigenvalue weighted by Gasteiger charge is -2.87. The number of nitrogens with one attached hydrogen (secondary N) is 4. The van der Waals surface area contributed by atoms with Crippen molar-refractivity contribution in [1.82, 2.24) is 60.5 Å². The second-order valence-corrected chi connectivity index (χ2v) is 28.9. The summed E-state index contributed by atoms with van der Waals surface area (Å²) in [6, 6.07) is -8.61. The molecule has 24 nitrogen and oxygen atoms in total. The predicted octanol–water partition coefficient (Wildman–Crippen LogP) is 3.92. The molecule has 10 amide bonds. The fourth-order valence-electron chi connectivity index (χ4n) is 11.9. The first-order valence-corrected chi connectivity index (χ1v) is 33.3. The van der Waals surface area contributed by atoms with Crippen LogP contribution in [0.25, 0.3) is 0 Å². The van der Waals surface area contributed by atoms with Gasteiger partial charge in [-0.15, -0.1) is 11.8 Å². The number of aliphatic hydroxyl groups excluding tert-OH is 1. The molecule has 0 aromatic carbocycles. The molecule has 0 spiro atoms. The van der Waals surface area contributed by atoms with Crippen LogP contribution in [0.3, 0.4) is 0 Å². The molecule has 4 bridgehead atoms. The minimum Gasteiger partial charge on any atom is -0.389 e. The molecule has 0 unspecified atom stereocenters. The minimum absolute atomic E-state index is 0.0229. The summed E-state index contributed by atoms with van der Waals surface area (Å²) in [6.45, 7) is 33.6. The van der Waals surface area contributed by atoms with Crippen LogP contribution in [0.1, 0.15) is 157 Å². The van der Waals surface area contributed by atoms with Crippen LogP contribution >= 0.6 is 11.8 Å². The molecule has 25 heteroatoms. The van der Waals surface area contributed by atoms with Gasteiger partial charge in [0.2, 0.25) is 47.3 Å². The Hall–Kier alpha value is -5.37. The molecule has 5 rings (SSSR count). The Morgan fingerprint density at radius 3 is 1.30 bits per heavy atom. The lowest BCUT2D eigenvalue weighted by molar-refractivity contribution is -0.663. The number of carbonyl (C=O) groups is 10. The molecule has 0 radical (unpaired) electrons. The van der Waals surface area contributed by atoms with Gasteiger partial charge in [0, 0.05) is 48.8 Å². The summed E-state index contributed by atoms with van der Waals surface area (Å²) in [4.78, 5) is 155. The maximum absolute atomic E-state index is 14.7. The highest BCUT2D eigenvalue weighted by atomic mass is 32.2. The van der Waals surface area contributed by atoms with Crippen molar-refractivity contribution in [1.29, 1.82) is 0 Å². The van der Waals surface area contributed by atoms with E-state index in [0.29, 0.717) is 19.4 Å². The van der Waals surface area contributed by atoms with Crippen molar-refractivity contribution < 1.29 is 57.8 Å². The average molecular weight is 1280 g/mol. The maximum atomic E-state index is 14.7. The minimum atomic E-state index is -1.42. The molecule has 89 heavy (non-hydrogen) atoms. The number of thioether (sulfide) groups is 1. The number of carbonyl (C=O) groups excluding carboxylic acids is 10. The first-order valence-electron chi connectivity index (χ1n) is 32.0. The zero-order valence-corrected chi connectivity index (χ0v) is 59.2. The van der Waals surface area contributed by atoms with E-state index in [0.717, 1.165) is 11.8 Å². The van der Waals surface area contributed by atoms with Crippen molar-refractivity contribution in [2.75, 3.05) is 55.1 Å². The van der Waals surface area contributed by atoms with Crippen molar-refractivity contribution >= 4 is 70.8 Å². The monoisotopic (exact) mass is 1270 g/mol. The van der Waals surface area contributed by atoms with Crippen LogP contribution in [0.15, 0.2) is 12.2 Å². The van der Waals surface area contributed by atoms with Gasteiger partial charge in [0.25, 0.3) is 11.8 Å². The Morgan fingerprint density at radius 1 is 0.494 bits per heavy atom. The summed E-state index contributed by atoms with van der Waals surface area (Å²) in [7, 11) is 9.21. The number of nitrogens with zero attached hydrogens (tertiary/aromatic N) is 8. The number of aliphatic hydroxyl groups is 1. The third kappa shape index (κ3) is 18.0. The van der Waals surface area contributed by atoms with Gasteiger partial charge in [0.05, 0.1) is 6.10 Å². The second-order valence-electron chi connectivity index (χ2n) is 28.0. The molecule has 5 heterocycles.